The molecule has 1 amide bonds. The predicted octanol–water partition coefficient (Wildman–Crippen LogP) is 1.33. The third kappa shape index (κ3) is 3.64. The van der Waals surface area contributed by atoms with Gasteiger partial charge in [-0.25, -0.2) is 8.42 Å². The molecule has 0 spiro atoms. The van der Waals surface area contributed by atoms with E-state index in [0.717, 1.165) is 25.7 Å². The van der Waals surface area contributed by atoms with Crippen LogP contribution in [0.2, 0.25) is 0 Å². The molecule has 1 aromatic heterocycles. The molecular formula is C17H25N3O5S. The molecule has 0 aromatic carbocycles. The molecule has 144 valence electrons. The molecule has 0 unspecified atom stereocenters. The van der Waals surface area contributed by atoms with E-state index < -0.39 is 27.4 Å². The molecule has 1 saturated heterocycles. The lowest BCUT2D eigenvalue weighted by molar-refractivity contribution is -0.139. The second-order valence-corrected chi connectivity index (χ2v) is 9.23. The Hall–Kier alpha value is -1.87. The summed E-state index contributed by atoms with van der Waals surface area (Å²) in [6, 6.07) is 1.38. The second kappa shape index (κ2) is 7.03. The number of amides is 1. The normalized spacial score (nSPS) is 20.3. The molecule has 2 N–H and O–H groups in total. The average molecular weight is 383 g/mol. The summed E-state index contributed by atoms with van der Waals surface area (Å²) in [5.74, 6) is -1.39. The van der Waals surface area contributed by atoms with Gasteiger partial charge >= 0.3 is 5.97 Å². The van der Waals surface area contributed by atoms with E-state index in [0.29, 0.717) is 25.9 Å². The summed E-state index contributed by atoms with van der Waals surface area (Å²) in [5.41, 5.74) is -0.503. The van der Waals surface area contributed by atoms with E-state index in [-0.39, 0.29) is 17.0 Å². The lowest BCUT2D eigenvalue weighted by Crippen LogP contribution is -2.54. The van der Waals surface area contributed by atoms with Crippen LogP contribution in [-0.4, -0.2) is 52.9 Å². The number of carboxylic acids is 1. The SMILES string of the molecule is Cn1cc(S(=O)(=O)N2CCCCC2)cc1C(=O)NC1(CC(=O)O)CCC1. The van der Waals surface area contributed by atoms with Gasteiger partial charge in [-0.15, -0.1) is 0 Å². The number of sulfonamides is 1. The lowest BCUT2D eigenvalue weighted by Gasteiger charge is -2.41. The van der Waals surface area contributed by atoms with E-state index in [9.17, 15) is 18.0 Å². The summed E-state index contributed by atoms with van der Waals surface area (Å²) < 4.78 is 28.5. The van der Waals surface area contributed by atoms with Crippen LogP contribution >= 0.6 is 0 Å². The van der Waals surface area contributed by atoms with Crippen LogP contribution in [0.5, 0.6) is 0 Å². The molecule has 0 radical (unpaired) electrons. The van der Waals surface area contributed by atoms with Gasteiger partial charge in [0.05, 0.1) is 12.0 Å². The number of carbonyl (C=O) groups excluding carboxylic acids is 1. The molecule has 2 fully saturated rings. The highest BCUT2D eigenvalue weighted by molar-refractivity contribution is 7.89. The molecule has 1 saturated carbocycles. The highest BCUT2D eigenvalue weighted by Crippen LogP contribution is 2.35. The van der Waals surface area contributed by atoms with E-state index in [2.05, 4.69) is 5.32 Å². The van der Waals surface area contributed by atoms with E-state index in [4.69, 9.17) is 5.11 Å². The largest absolute Gasteiger partial charge is 0.481 e. The minimum atomic E-state index is -3.61. The molecule has 3 rings (SSSR count). The zero-order valence-corrected chi connectivity index (χ0v) is 15.7. The number of carboxylic acid groups (broad SMARTS) is 1. The second-order valence-electron chi connectivity index (χ2n) is 7.30. The molecule has 2 aliphatic rings. The van der Waals surface area contributed by atoms with Crippen molar-refractivity contribution in [3.05, 3.63) is 18.0 Å². The van der Waals surface area contributed by atoms with Gasteiger partial charge in [0.1, 0.15) is 10.6 Å². The zero-order chi connectivity index (χ0) is 18.9. The molecule has 2 heterocycles. The maximum absolute atomic E-state index is 12.8. The first-order chi connectivity index (χ1) is 12.2. The summed E-state index contributed by atoms with van der Waals surface area (Å²) >= 11 is 0. The number of hydrogen-bond donors (Lipinski definition) is 2. The minimum Gasteiger partial charge on any atom is -0.481 e. The van der Waals surface area contributed by atoms with Crippen LogP contribution in [0.15, 0.2) is 17.2 Å². The van der Waals surface area contributed by atoms with Crippen LogP contribution in [-0.2, 0) is 21.9 Å². The van der Waals surface area contributed by atoms with Gasteiger partial charge in [0, 0.05) is 26.3 Å². The Morgan fingerprint density at radius 1 is 1.19 bits per heavy atom. The Morgan fingerprint density at radius 2 is 1.85 bits per heavy atom. The van der Waals surface area contributed by atoms with Crippen LogP contribution in [0.4, 0.5) is 0 Å². The monoisotopic (exact) mass is 383 g/mol. The Kier molecular flexibility index (Phi) is 5.12. The maximum Gasteiger partial charge on any atom is 0.305 e. The lowest BCUT2D eigenvalue weighted by atomic mass is 9.74. The molecule has 1 aromatic rings. The number of aryl methyl sites for hydroxylation is 1. The fourth-order valence-electron chi connectivity index (χ4n) is 3.70. The number of aliphatic carboxylic acids is 1. The Bertz CT molecular complexity index is 804. The van der Waals surface area contributed by atoms with Crippen molar-refractivity contribution in [2.24, 2.45) is 7.05 Å². The molecular weight excluding hydrogens is 358 g/mol. The molecule has 1 aliphatic heterocycles. The average Bonchev–Trinajstić information content (AvgIpc) is 2.96. The van der Waals surface area contributed by atoms with Crippen molar-refractivity contribution < 1.29 is 23.1 Å². The van der Waals surface area contributed by atoms with Gasteiger partial charge in [0.2, 0.25) is 10.0 Å². The minimum absolute atomic E-state index is 0.105. The van der Waals surface area contributed by atoms with Gasteiger partial charge < -0.3 is 15.0 Å². The van der Waals surface area contributed by atoms with E-state index >= 15 is 0 Å². The predicted molar refractivity (Wildman–Crippen MR) is 94.3 cm³/mol. The summed E-state index contributed by atoms with van der Waals surface area (Å²) in [6.45, 7) is 1.00. The fourth-order valence-corrected chi connectivity index (χ4v) is 5.29. The standard InChI is InChI=1S/C17H25N3O5S/c1-19-12-13(26(24,25)20-8-3-2-4-9-20)10-14(19)16(23)18-17(6-5-7-17)11-15(21)22/h10,12H,2-9,11H2,1H3,(H,18,23)(H,21,22). The number of nitrogens with one attached hydrogen (secondary N) is 1. The highest BCUT2D eigenvalue weighted by Gasteiger charge is 2.41. The number of hydrogen-bond acceptors (Lipinski definition) is 4. The highest BCUT2D eigenvalue weighted by atomic mass is 32.2. The van der Waals surface area contributed by atoms with Gasteiger partial charge in [0.25, 0.3) is 5.91 Å². The number of aromatic nitrogens is 1. The van der Waals surface area contributed by atoms with E-state index in [1.54, 1.807) is 7.05 Å². The van der Waals surface area contributed by atoms with Crippen molar-refractivity contribution in [3.63, 3.8) is 0 Å². The first-order valence-electron chi connectivity index (χ1n) is 8.94. The smallest absolute Gasteiger partial charge is 0.305 e. The van der Waals surface area contributed by atoms with Crippen LogP contribution < -0.4 is 5.32 Å². The zero-order valence-electron chi connectivity index (χ0n) is 14.9. The number of carbonyl (C=O) groups is 2. The third-order valence-corrected chi connectivity index (χ3v) is 7.21. The van der Waals surface area contributed by atoms with E-state index in [1.807, 2.05) is 0 Å². The number of piperidine rings is 1. The molecule has 8 nitrogen and oxygen atoms in total. The van der Waals surface area contributed by atoms with Crippen molar-refractivity contribution in [3.8, 4) is 0 Å². The Morgan fingerprint density at radius 3 is 2.38 bits per heavy atom. The van der Waals surface area contributed by atoms with Crippen molar-refractivity contribution in [2.75, 3.05) is 13.1 Å². The quantitative estimate of drug-likeness (QED) is 0.770. The van der Waals surface area contributed by atoms with E-state index in [1.165, 1.54) is 21.1 Å². The summed E-state index contributed by atoms with van der Waals surface area (Å²) in [7, 11) is -1.99. The van der Waals surface area contributed by atoms with Crippen LogP contribution in [0.3, 0.4) is 0 Å². The molecule has 1 aliphatic carbocycles. The topological polar surface area (TPSA) is 109 Å². The Labute approximate surface area is 153 Å². The first-order valence-corrected chi connectivity index (χ1v) is 10.4. The summed E-state index contributed by atoms with van der Waals surface area (Å²) in [4.78, 5) is 23.8. The molecule has 0 atom stereocenters. The first kappa shape index (κ1) is 18.9. The van der Waals surface area contributed by atoms with Gasteiger partial charge in [-0.1, -0.05) is 6.42 Å². The molecule has 26 heavy (non-hydrogen) atoms. The van der Waals surface area contributed by atoms with Crippen molar-refractivity contribution in [1.29, 1.82) is 0 Å². The van der Waals surface area contributed by atoms with Crippen molar-refractivity contribution in [2.45, 2.75) is 55.4 Å². The van der Waals surface area contributed by atoms with Gasteiger partial charge in [0.15, 0.2) is 0 Å². The number of nitrogens with zero attached hydrogens (tertiary/aromatic N) is 2. The Balaban J connectivity index is 1.79. The fraction of sp³-hybridized carbons (Fsp3) is 0.647. The third-order valence-electron chi connectivity index (χ3n) is 5.34. The molecule has 0 bridgehead atoms. The maximum atomic E-state index is 12.8. The summed E-state index contributed by atoms with van der Waals surface area (Å²) in [6.07, 6.45) is 6.15. The van der Waals surface area contributed by atoms with Crippen molar-refractivity contribution in [1.82, 2.24) is 14.2 Å². The van der Waals surface area contributed by atoms with Gasteiger partial charge in [-0.3, -0.25) is 9.59 Å². The number of rotatable bonds is 6. The van der Waals surface area contributed by atoms with Gasteiger partial charge in [-0.05, 0) is 38.2 Å². The van der Waals surface area contributed by atoms with Crippen LogP contribution in [0, 0.1) is 0 Å². The van der Waals surface area contributed by atoms with Gasteiger partial charge in [-0.2, -0.15) is 4.31 Å². The molecule has 9 heteroatoms. The summed E-state index contributed by atoms with van der Waals surface area (Å²) in [5, 5.41) is 11.9. The van der Waals surface area contributed by atoms with Crippen LogP contribution in [0.1, 0.15) is 55.4 Å². The van der Waals surface area contributed by atoms with Crippen molar-refractivity contribution >= 4 is 21.9 Å². The van der Waals surface area contributed by atoms with Crippen LogP contribution in [0.25, 0.3) is 0 Å².